The fourth-order valence-corrected chi connectivity index (χ4v) is 5.65. The summed E-state index contributed by atoms with van der Waals surface area (Å²) in [6.45, 7) is 9.06. The lowest BCUT2D eigenvalue weighted by atomic mass is 9.79. The zero-order chi connectivity index (χ0) is 26.5. The number of benzene rings is 1. The van der Waals surface area contributed by atoms with Crippen LogP contribution in [0.2, 0.25) is 5.02 Å². The number of alkyl carbamates (subject to hydrolysis) is 1. The van der Waals surface area contributed by atoms with Gasteiger partial charge in [-0.05, 0) is 51.3 Å². The Labute approximate surface area is 224 Å². The smallest absolute Gasteiger partial charge is 0.408 e. The molecule has 0 bridgehead atoms. The third-order valence-corrected chi connectivity index (χ3v) is 7.56. The Bertz CT molecular complexity index is 1020. The molecule has 2 heterocycles. The van der Waals surface area contributed by atoms with E-state index in [9.17, 15) is 9.59 Å². The van der Waals surface area contributed by atoms with Gasteiger partial charge in [0.1, 0.15) is 24.3 Å². The summed E-state index contributed by atoms with van der Waals surface area (Å²) in [6.07, 6.45) is 9.08. The zero-order valence-corrected chi connectivity index (χ0v) is 22.9. The van der Waals surface area contributed by atoms with Crippen LogP contribution in [0.5, 0.6) is 0 Å². The standard InChI is InChI=1S/C27H39ClN6O3/c1-26(2,3)37-25(36)31-23(17-21-7-9-22(28)10-8-21)24(35)32-13-15-33(16-14-32)27(11-5-4-6-12-27)18-34-20-29-19-30-34/h7-10,19-20,23H,4-6,11-18H2,1-3H3,(H,31,36)/t23-/m1/s1. The third kappa shape index (κ3) is 7.45. The molecule has 2 amide bonds. The summed E-state index contributed by atoms with van der Waals surface area (Å²) >= 11 is 6.04. The maximum Gasteiger partial charge on any atom is 0.408 e. The number of rotatable bonds is 7. The number of amides is 2. The molecule has 202 valence electrons. The maximum atomic E-state index is 13.7. The second-order valence-electron chi connectivity index (χ2n) is 11.2. The number of halogens is 1. The fourth-order valence-electron chi connectivity index (χ4n) is 5.53. The number of carbonyl (C=O) groups is 2. The van der Waals surface area contributed by atoms with Crippen LogP contribution in [-0.2, 0) is 22.5 Å². The highest BCUT2D eigenvalue weighted by Crippen LogP contribution is 2.36. The molecule has 4 rings (SSSR count). The van der Waals surface area contributed by atoms with Crippen LogP contribution in [0.3, 0.4) is 0 Å². The molecule has 2 fully saturated rings. The van der Waals surface area contributed by atoms with Crippen molar-refractivity contribution in [3.8, 4) is 0 Å². The van der Waals surface area contributed by atoms with Gasteiger partial charge in [-0.25, -0.2) is 9.78 Å². The number of hydrogen-bond acceptors (Lipinski definition) is 6. The molecule has 10 heteroatoms. The lowest BCUT2D eigenvalue weighted by Crippen LogP contribution is -2.62. The lowest BCUT2D eigenvalue weighted by molar-refractivity contribution is -0.136. The normalized spacial score (nSPS) is 19.3. The van der Waals surface area contributed by atoms with Gasteiger partial charge in [-0.3, -0.25) is 14.4 Å². The van der Waals surface area contributed by atoms with Crippen LogP contribution >= 0.6 is 11.6 Å². The monoisotopic (exact) mass is 530 g/mol. The van der Waals surface area contributed by atoms with Crippen LogP contribution in [0.4, 0.5) is 4.79 Å². The Morgan fingerprint density at radius 2 is 1.76 bits per heavy atom. The van der Waals surface area contributed by atoms with Crippen molar-refractivity contribution in [3.63, 3.8) is 0 Å². The van der Waals surface area contributed by atoms with E-state index < -0.39 is 17.7 Å². The number of nitrogens with one attached hydrogen (secondary N) is 1. The van der Waals surface area contributed by atoms with Crippen molar-refractivity contribution in [2.45, 2.75) is 83.0 Å². The van der Waals surface area contributed by atoms with Gasteiger partial charge in [0, 0.05) is 43.2 Å². The van der Waals surface area contributed by atoms with Gasteiger partial charge >= 0.3 is 6.09 Å². The van der Waals surface area contributed by atoms with E-state index >= 15 is 0 Å². The Morgan fingerprint density at radius 3 is 2.35 bits per heavy atom. The van der Waals surface area contributed by atoms with Crippen molar-refractivity contribution in [2.75, 3.05) is 26.2 Å². The van der Waals surface area contributed by atoms with Crippen LogP contribution in [0.25, 0.3) is 0 Å². The van der Waals surface area contributed by atoms with Gasteiger partial charge in [0.25, 0.3) is 0 Å². The molecule has 9 nitrogen and oxygen atoms in total. The first-order valence-corrected chi connectivity index (χ1v) is 13.6. The summed E-state index contributed by atoms with van der Waals surface area (Å²) in [5.74, 6) is -0.0885. The third-order valence-electron chi connectivity index (χ3n) is 7.31. The largest absolute Gasteiger partial charge is 0.444 e. The molecule has 2 aliphatic rings. The van der Waals surface area contributed by atoms with E-state index in [1.807, 2.05) is 42.5 Å². The highest BCUT2D eigenvalue weighted by atomic mass is 35.5. The minimum Gasteiger partial charge on any atom is -0.444 e. The first-order chi connectivity index (χ1) is 17.6. The van der Waals surface area contributed by atoms with E-state index in [2.05, 4.69) is 20.3 Å². The first-order valence-electron chi connectivity index (χ1n) is 13.2. The van der Waals surface area contributed by atoms with Gasteiger partial charge < -0.3 is 15.0 Å². The van der Waals surface area contributed by atoms with Crippen molar-refractivity contribution in [3.05, 3.63) is 47.5 Å². The van der Waals surface area contributed by atoms with E-state index in [1.165, 1.54) is 19.3 Å². The minimum atomic E-state index is -0.721. The molecule has 0 radical (unpaired) electrons. The van der Waals surface area contributed by atoms with Crippen LogP contribution < -0.4 is 5.32 Å². The van der Waals surface area contributed by atoms with Crippen molar-refractivity contribution >= 4 is 23.6 Å². The number of hydrogen-bond donors (Lipinski definition) is 1. The molecule has 1 aromatic heterocycles. The average molecular weight is 531 g/mol. The van der Waals surface area contributed by atoms with Crippen molar-refractivity contribution in [2.24, 2.45) is 0 Å². The Kier molecular flexibility index (Phi) is 8.75. The second-order valence-corrected chi connectivity index (χ2v) is 11.7. The van der Waals surface area contributed by atoms with Crippen LogP contribution in [0.1, 0.15) is 58.4 Å². The summed E-state index contributed by atoms with van der Waals surface area (Å²) < 4.78 is 7.40. The van der Waals surface area contributed by atoms with Crippen LogP contribution in [-0.4, -0.2) is 79.9 Å². The highest BCUT2D eigenvalue weighted by Gasteiger charge is 2.41. The molecular formula is C27H39ClN6O3. The first kappa shape index (κ1) is 27.4. The summed E-state index contributed by atoms with van der Waals surface area (Å²) in [4.78, 5) is 34.8. The molecule has 0 spiro atoms. The molecule has 1 aliphatic carbocycles. The molecule has 1 aromatic carbocycles. The van der Waals surface area contributed by atoms with E-state index in [0.29, 0.717) is 24.5 Å². The van der Waals surface area contributed by atoms with Gasteiger partial charge in [0.2, 0.25) is 5.91 Å². The molecule has 1 N–H and O–H groups in total. The van der Waals surface area contributed by atoms with Crippen LogP contribution in [0, 0.1) is 0 Å². The molecule has 1 aliphatic heterocycles. The van der Waals surface area contributed by atoms with Gasteiger partial charge in [-0.2, -0.15) is 5.10 Å². The highest BCUT2D eigenvalue weighted by molar-refractivity contribution is 6.30. The molecule has 37 heavy (non-hydrogen) atoms. The predicted octanol–water partition coefficient (Wildman–Crippen LogP) is 3.91. The van der Waals surface area contributed by atoms with Gasteiger partial charge in [-0.1, -0.05) is 43.0 Å². The van der Waals surface area contributed by atoms with E-state index in [1.54, 1.807) is 24.8 Å². The Balaban J connectivity index is 1.43. The molecule has 1 atom stereocenters. The zero-order valence-electron chi connectivity index (χ0n) is 22.2. The van der Waals surface area contributed by atoms with E-state index in [4.69, 9.17) is 16.3 Å². The Hall–Kier alpha value is -2.65. The number of nitrogens with zero attached hydrogens (tertiary/aromatic N) is 5. The number of carbonyl (C=O) groups excluding carboxylic acids is 2. The second kappa shape index (κ2) is 11.8. The molecule has 1 saturated heterocycles. The van der Waals surface area contributed by atoms with Crippen molar-refractivity contribution < 1.29 is 14.3 Å². The Morgan fingerprint density at radius 1 is 1.08 bits per heavy atom. The van der Waals surface area contributed by atoms with Gasteiger partial charge in [0.15, 0.2) is 0 Å². The number of aromatic nitrogens is 3. The van der Waals surface area contributed by atoms with Crippen LogP contribution in [0.15, 0.2) is 36.9 Å². The van der Waals surface area contributed by atoms with E-state index in [-0.39, 0.29) is 11.4 Å². The molecule has 0 unspecified atom stereocenters. The van der Waals surface area contributed by atoms with E-state index in [0.717, 1.165) is 38.0 Å². The minimum absolute atomic E-state index is 0.0402. The predicted molar refractivity (Wildman–Crippen MR) is 142 cm³/mol. The van der Waals surface area contributed by atoms with Gasteiger partial charge in [-0.15, -0.1) is 0 Å². The fraction of sp³-hybridized carbons (Fsp3) is 0.630. The summed E-state index contributed by atoms with van der Waals surface area (Å²) in [6, 6.07) is 6.64. The molecule has 2 aromatic rings. The topological polar surface area (TPSA) is 92.6 Å². The number of piperazine rings is 1. The van der Waals surface area contributed by atoms with Crippen molar-refractivity contribution in [1.29, 1.82) is 0 Å². The van der Waals surface area contributed by atoms with Crippen molar-refractivity contribution in [1.82, 2.24) is 29.9 Å². The number of ether oxygens (including phenoxy) is 1. The summed E-state index contributed by atoms with van der Waals surface area (Å²) in [5, 5.41) is 7.83. The average Bonchev–Trinajstić information content (AvgIpc) is 3.37. The summed E-state index contributed by atoms with van der Waals surface area (Å²) in [5.41, 5.74) is 0.312. The van der Waals surface area contributed by atoms with Gasteiger partial charge in [0.05, 0.1) is 6.54 Å². The maximum absolute atomic E-state index is 13.7. The SMILES string of the molecule is CC(C)(C)OC(=O)N[C@H](Cc1ccc(Cl)cc1)C(=O)N1CCN(C2(Cn3cncn3)CCCCC2)CC1. The molecular weight excluding hydrogens is 492 g/mol. The molecule has 1 saturated carbocycles. The lowest BCUT2D eigenvalue weighted by Gasteiger charge is -2.50. The quantitative estimate of drug-likeness (QED) is 0.583. The summed E-state index contributed by atoms with van der Waals surface area (Å²) in [7, 11) is 0.